The molecule has 0 spiro atoms. The molecule has 23 heavy (non-hydrogen) atoms. The van der Waals surface area contributed by atoms with E-state index >= 15 is 0 Å². The van der Waals surface area contributed by atoms with Crippen molar-refractivity contribution < 1.29 is 0 Å². The summed E-state index contributed by atoms with van der Waals surface area (Å²) < 4.78 is 2.23. The predicted octanol–water partition coefficient (Wildman–Crippen LogP) is 1.23. The minimum absolute atomic E-state index is 0.224. The Morgan fingerprint density at radius 1 is 1.30 bits per heavy atom. The lowest BCUT2D eigenvalue weighted by Crippen LogP contribution is -2.38. The van der Waals surface area contributed by atoms with Gasteiger partial charge in [0.25, 0.3) is 0 Å². The van der Waals surface area contributed by atoms with Gasteiger partial charge in [0.05, 0.1) is 18.9 Å². The number of hydrogen-bond acceptors (Lipinski definition) is 7. The fraction of sp³-hybridized carbons (Fsp3) is 0.500. The average molecular weight is 313 g/mol. The van der Waals surface area contributed by atoms with E-state index in [0.29, 0.717) is 18.1 Å². The summed E-state index contributed by atoms with van der Waals surface area (Å²) >= 11 is 0. The van der Waals surface area contributed by atoms with Crippen molar-refractivity contribution in [2.24, 2.45) is 0 Å². The SMILES string of the molecule is CC(C)c1nnc2n1[C@@H](C)CN(c1nc(N)nc3nc[nH]c13)C2. The van der Waals surface area contributed by atoms with Gasteiger partial charge in [0, 0.05) is 12.5 Å². The van der Waals surface area contributed by atoms with Gasteiger partial charge in [-0.2, -0.15) is 9.97 Å². The molecule has 1 atom stereocenters. The van der Waals surface area contributed by atoms with E-state index in [9.17, 15) is 0 Å². The Morgan fingerprint density at radius 3 is 2.91 bits per heavy atom. The van der Waals surface area contributed by atoms with Crippen LogP contribution in [0.2, 0.25) is 0 Å². The van der Waals surface area contributed by atoms with Crippen LogP contribution in [0.5, 0.6) is 0 Å². The van der Waals surface area contributed by atoms with Crippen molar-refractivity contribution in [1.82, 2.24) is 34.7 Å². The van der Waals surface area contributed by atoms with Crippen LogP contribution in [0.25, 0.3) is 11.2 Å². The smallest absolute Gasteiger partial charge is 0.224 e. The van der Waals surface area contributed by atoms with E-state index in [2.05, 4.69) is 60.4 Å². The molecule has 0 aromatic carbocycles. The molecule has 4 rings (SSSR count). The maximum absolute atomic E-state index is 5.83. The monoisotopic (exact) mass is 313 g/mol. The summed E-state index contributed by atoms with van der Waals surface area (Å²) in [5.41, 5.74) is 7.20. The third kappa shape index (κ3) is 2.11. The van der Waals surface area contributed by atoms with Crippen LogP contribution in [0.3, 0.4) is 0 Å². The molecule has 9 heteroatoms. The normalized spacial score (nSPS) is 17.9. The number of H-pyrrole nitrogens is 1. The van der Waals surface area contributed by atoms with Gasteiger partial charge < -0.3 is 20.2 Å². The molecule has 0 radical (unpaired) electrons. The lowest BCUT2D eigenvalue weighted by molar-refractivity contribution is 0.441. The largest absolute Gasteiger partial charge is 0.368 e. The van der Waals surface area contributed by atoms with Crippen LogP contribution >= 0.6 is 0 Å². The first-order valence-corrected chi connectivity index (χ1v) is 7.69. The molecular weight excluding hydrogens is 294 g/mol. The number of aromatic amines is 1. The molecule has 4 heterocycles. The van der Waals surface area contributed by atoms with Gasteiger partial charge in [-0.3, -0.25) is 0 Å². The van der Waals surface area contributed by atoms with Gasteiger partial charge in [0.2, 0.25) is 5.95 Å². The Bertz CT molecular complexity index is 862. The molecule has 3 aromatic heterocycles. The summed E-state index contributed by atoms with van der Waals surface area (Å²) in [6, 6.07) is 0.250. The van der Waals surface area contributed by atoms with Gasteiger partial charge in [0.15, 0.2) is 17.3 Å². The van der Waals surface area contributed by atoms with Gasteiger partial charge in [-0.15, -0.1) is 10.2 Å². The van der Waals surface area contributed by atoms with E-state index in [1.807, 2.05) is 0 Å². The first-order chi connectivity index (χ1) is 11.0. The van der Waals surface area contributed by atoms with Crippen LogP contribution < -0.4 is 10.6 Å². The molecule has 0 saturated heterocycles. The average Bonchev–Trinajstić information content (AvgIpc) is 3.12. The molecule has 0 bridgehead atoms. The Balaban J connectivity index is 1.78. The summed E-state index contributed by atoms with van der Waals surface area (Å²) in [7, 11) is 0. The van der Waals surface area contributed by atoms with E-state index in [0.717, 1.165) is 29.5 Å². The Kier molecular flexibility index (Phi) is 2.97. The van der Waals surface area contributed by atoms with Gasteiger partial charge >= 0.3 is 0 Å². The van der Waals surface area contributed by atoms with Gasteiger partial charge in [-0.05, 0) is 6.92 Å². The van der Waals surface area contributed by atoms with E-state index in [1.165, 1.54) is 0 Å². The van der Waals surface area contributed by atoms with Gasteiger partial charge in [-0.1, -0.05) is 13.8 Å². The Hall–Kier alpha value is -2.71. The van der Waals surface area contributed by atoms with E-state index in [1.54, 1.807) is 6.33 Å². The number of nitrogen functional groups attached to an aromatic ring is 1. The number of anilines is 2. The lowest BCUT2D eigenvalue weighted by Gasteiger charge is -2.33. The van der Waals surface area contributed by atoms with Crippen molar-refractivity contribution >= 4 is 22.9 Å². The molecule has 120 valence electrons. The molecule has 0 unspecified atom stereocenters. The minimum Gasteiger partial charge on any atom is -0.368 e. The highest BCUT2D eigenvalue weighted by Crippen LogP contribution is 2.30. The zero-order chi connectivity index (χ0) is 16.1. The molecular formula is C14H19N9. The zero-order valence-corrected chi connectivity index (χ0v) is 13.4. The number of aromatic nitrogens is 7. The van der Waals surface area contributed by atoms with Crippen LogP contribution in [0, 0.1) is 0 Å². The topological polar surface area (TPSA) is 114 Å². The first-order valence-electron chi connectivity index (χ1n) is 7.69. The number of fused-ring (bicyclic) bond motifs is 2. The van der Waals surface area contributed by atoms with Crippen LogP contribution in [0.1, 0.15) is 44.4 Å². The number of nitrogens with one attached hydrogen (secondary N) is 1. The van der Waals surface area contributed by atoms with Crippen molar-refractivity contribution in [3.05, 3.63) is 18.0 Å². The third-order valence-electron chi connectivity index (χ3n) is 4.15. The fourth-order valence-electron chi connectivity index (χ4n) is 3.18. The lowest BCUT2D eigenvalue weighted by atomic mass is 10.1. The van der Waals surface area contributed by atoms with Gasteiger partial charge in [-0.25, -0.2) is 4.98 Å². The number of imidazole rings is 1. The van der Waals surface area contributed by atoms with Crippen molar-refractivity contribution in [2.75, 3.05) is 17.2 Å². The molecule has 3 aromatic rings. The summed E-state index contributed by atoms with van der Waals surface area (Å²) in [5.74, 6) is 3.30. The molecule has 0 saturated carbocycles. The second-order valence-corrected chi connectivity index (χ2v) is 6.24. The summed E-state index contributed by atoms with van der Waals surface area (Å²) in [4.78, 5) is 18.0. The molecule has 3 N–H and O–H groups in total. The van der Waals surface area contributed by atoms with E-state index in [-0.39, 0.29) is 12.0 Å². The van der Waals surface area contributed by atoms with Gasteiger partial charge in [0.1, 0.15) is 11.3 Å². The summed E-state index contributed by atoms with van der Waals surface area (Å²) in [6.07, 6.45) is 1.61. The first kappa shape index (κ1) is 13.9. The highest BCUT2D eigenvalue weighted by Gasteiger charge is 2.29. The summed E-state index contributed by atoms with van der Waals surface area (Å²) in [5, 5.41) is 8.72. The van der Waals surface area contributed by atoms with Crippen molar-refractivity contribution in [3.63, 3.8) is 0 Å². The predicted molar refractivity (Wildman–Crippen MR) is 86.0 cm³/mol. The number of hydrogen-bond donors (Lipinski definition) is 2. The minimum atomic E-state index is 0.224. The number of nitrogens with two attached hydrogens (primary N) is 1. The van der Waals surface area contributed by atoms with Crippen molar-refractivity contribution in [2.45, 2.75) is 39.3 Å². The molecule has 0 fully saturated rings. The van der Waals surface area contributed by atoms with Crippen LogP contribution in [-0.4, -0.2) is 41.2 Å². The maximum Gasteiger partial charge on any atom is 0.224 e. The highest BCUT2D eigenvalue weighted by atomic mass is 15.4. The quantitative estimate of drug-likeness (QED) is 0.731. The number of rotatable bonds is 2. The zero-order valence-electron chi connectivity index (χ0n) is 13.4. The standard InChI is InChI=1S/C14H19N9/c1-7(2)12-21-20-9-5-22(4-8(3)23(9)12)13-10-11(17-6-16-10)18-14(15)19-13/h6-8H,4-5H2,1-3H3,(H3,15,16,17,18,19)/t8-/m0/s1. The second kappa shape index (κ2) is 4.90. The van der Waals surface area contributed by atoms with Crippen molar-refractivity contribution in [1.29, 1.82) is 0 Å². The molecule has 1 aliphatic heterocycles. The fourth-order valence-corrected chi connectivity index (χ4v) is 3.18. The second-order valence-electron chi connectivity index (χ2n) is 6.24. The van der Waals surface area contributed by atoms with Crippen LogP contribution in [0.15, 0.2) is 6.33 Å². The Morgan fingerprint density at radius 2 is 2.13 bits per heavy atom. The molecule has 1 aliphatic rings. The van der Waals surface area contributed by atoms with E-state index < -0.39 is 0 Å². The van der Waals surface area contributed by atoms with Crippen molar-refractivity contribution in [3.8, 4) is 0 Å². The highest BCUT2D eigenvalue weighted by molar-refractivity contribution is 5.84. The molecule has 0 aliphatic carbocycles. The van der Waals surface area contributed by atoms with Crippen LogP contribution in [0.4, 0.5) is 11.8 Å². The number of nitrogens with zero attached hydrogens (tertiary/aromatic N) is 7. The molecule has 9 nitrogen and oxygen atoms in total. The van der Waals surface area contributed by atoms with E-state index in [4.69, 9.17) is 5.73 Å². The maximum atomic E-state index is 5.83. The third-order valence-corrected chi connectivity index (χ3v) is 4.15. The molecule has 0 amide bonds. The summed E-state index contributed by atoms with van der Waals surface area (Å²) in [6.45, 7) is 7.87. The van der Waals surface area contributed by atoms with Crippen LogP contribution in [-0.2, 0) is 6.54 Å². The Labute approximate surface area is 133 Å².